The first-order valence-electron chi connectivity index (χ1n) is 47.9. The predicted molar refractivity (Wildman–Crippen MR) is 590 cm³/mol. The lowest BCUT2D eigenvalue weighted by Gasteiger charge is -2.20. The molecule has 3 nitrogen and oxygen atoms in total. The van der Waals surface area contributed by atoms with E-state index in [4.69, 9.17) is 13.3 Å². The summed E-state index contributed by atoms with van der Waals surface area (Å²) in [6, 6.07) is 181. The van der Waals surface area contributed by atoms with Crippen molar-refractivity contribution in [1.29, 1.82) is 0 Å². The van der Waals surface area contributed by atoms with Gasteiger partial charge in [0.2, 0.25) is 0 Å². The van der Waals surface area contributed by atoms with Gasteiger partial charge in [0.15, 0.2) is 0 Å². The van der Waals surface area contributed by atoms with Crippen LogP contribution >= 0.6 is 0 Å². The minimum atomic E-state index is 0.939. The number of hydrogen-bond donors (Lipinski definition) is 0. The van der Waals surface area contributed by atoms with E-state index >= 15 is 0 Å². The molecule has 0 bridgehead atoms. The fourth-order valence-electron chi connectivity index (χ4n) is 23.3. The van der Waals surface area contributed by atoms with E-state index in [1.165, 1.54) is 262 Å². The molecular formula is C136H82O3. The van der Waals surface area contributed by atoms with Crippen molar-refractivity contribution in [1.82, 2.24) is 0 Å². The molecule has 0 aliphatic rings. The third kappa shape index (κ3) is 12.8. The first-order valence-corrected chi connectivity index (χ1v) is 47.9. The monoisotopic (exact) mass is 1760 g/mol. The van der Waals surface area contributed by atoms with Gasteiger partial charge in [0.25, 0.3) is 0 Å². The third-order valence-electron chi connectivity index (χ3n) is 29.3. The topological polar surface area (TPSA) is 39.4 Å². The maximum absolute atomic E-state index is 6.32. The fourth-order valence-corrected chi connectivity index (χ4v) is 23.3. The molecule has 0 saturated heterocycles. The highest BCUT2D eigenvalue weighted by molar-refractivity contribution is 6.32. The van der Waals surface area contributed by atoms with Crippen LogP contribution in [0, 0.1) is 0 Å². The second-order valence-corrected chi connectivity index (χ2v) is 36.8. The summed E-state index contributed by atoms with van der Waals surface area (Å²) in [6.07, 6.45) is 0. The molecular weight excluding hydrogens is 1680 g/mol. The average Bonchev–Trinajstić information content (AvgIpc) is 1.68. The molecule has 0 unspecified atom stereocenters. The quantitative estimate of drug-likeness (QED) is 0.0957. The van der Waals surface area contributed by atoms with Gasteiger partial charge in [-0.1, -0.05) is 431 Å². The van der Waals surface area contributed by atoms with Crippen LogP contribution < -0.4 is 0 Å². The molecule has 3 heteroatoms. The number of benzene rings is 27. The maximum Gasteiger partial charge on any atom is 0.136 e. The lowest BCUT2D eigenvalue weighted by Crippen LogP contribution is -1.93. The summed E-state index contributed by atoms with van der Waals surface area (Å²) in [7, 11) is 0. The molecule has 3 heterocycles. The minimum absolute atomic E-state index is 0.939. The number of hydrogen-bond acceptors (Lipinski definition) is 3. The second kappa shape index (κ2) is 32.3. The Morgan fingerprint density at radius 2 is 0.324 bits per heavy atom. The van der Waals surface area contributed by atoms with E-state index in [2.05, 4.69) is 497 Å². The molecule has 27 aromatic carbocycles. The van der Waals surface area contributed by atoms with Gasteiger partial charge in [0.1, 0.15) is 33.5 Å². The highest BCUT2D eigenvalue weighted by Crippen LogP contribution is 2.54. The van der Waals surface area contributed by atoms with E-state index in [9.17, 15) is 0 Å². The van der Waals surface area contributed by atoms with Gasteiger partial charge in [-0.25, -0.2) is 0 Å². The Kier molecular flexibility index (Phi) is 18.4. The SMILES string of the molecule is c1ccc(-c2c3ccccc3c(-c3ccc(-c4cc5cccc6oc7cccc4c7c56)cc3)c3ccccc23)cc1.c1ccc(-c2ccc(-c3c4ccccc4c(-c4cccc(-c5cc6cccc7oc8cccc5c8c67)c4)c4ccccc34)cc2)cc1.c1ccc(-c2cccc(-c3c4ccccc4c(-c4ccc(-c5cc6cccc7oc8cccc5c8c67)c5ccccc45)c4ccccc34)c2)cc1. The molecule has 0 amide bonds. The zero-order chi connectivity index (χ0) is 91.3. The van der Waals surface area contributed by atoms with Crippen LogP contribution in [0.1, 0.15) is 0 Å². The molecule has 0 fully saturated rings. The van der Waals surface area contributed by atoms with Crippen LogP contribution in [0.4, 0.5) is 0 Å². The summed E-state index contributed by atoms with van der Waals surface area (Å²) >= 11 is 0. The van der Waals surface area contributed by atoms with Gasteiger partial charge in [0.05, 0.1) is 0 Å². The molecule has 0 spiro atoms. The first kappa shape index (κ1) is 79.3. The summed E-state index contributed by atoms with van der Waals surface area (Å²) in [4.78, 5) is 0. The average molecular weight is 1760 g/mol. The fraction of sp³-hybridized carbons (Fsp3) is 0. The Balaban J connectivity index is 0.000000103. The van der Waals surface area contributed by atoms with Crippen molar-refractivity contribution in [2.24, 2.45) is 0 Å². The van der Waals surface area contributed by atoms with Crippen LogP contribution in [0.25, 0.3) is 296 Å². The molecule has 0 N–H and O–H groups in total. The van der Waals surface area contributed by atoms with Crippen molar-refractivity contribution in [3.05, 3.63) is 497 Å². The standard InChI is InChI=1S/C50H30O.C46H28O.C40H24O/c1-2-13-31(14-3-1)32-15-10-16-33(29-32)47-38-20-6-8-22-40(38)49(41-23-9-7-21-39(41)47)43-28-27-37(35-18-4-5-19-36(35)43)44-30-34-17-11-25-45-48(34)50-42(44)24-12-26-46(50)51-45;1-2-11-29(12-3-1)30-23-25-31(26-24-30)43-35-16-4-6-18-37(35)44(38-19-7-5-17-36(38)43)33-14-8-13-32(27-33)40-28-34-15-9-21-41-45(34)46-39(40)20-10-22-42(46)47-41;1-2-10-26(11-3-1)37-29-13-4-6-15-31(29)38(32-16-7-5-14-30(32)37)27-22-20-25(21-23-27)34-24-28-12-8-18-35-39(28)40-33(34)17-9-19-36(40)41-35/h1-30H;1-28H;1-24H. The van der Waals surface area contributed by atoms with Crippen LogP contribution in [0.2, 0.25) is 0 Å². The second-order valence-electron chi connectivity index (χ2n) is 36.8. The van der Waals surface area contributed by atoms with Gasteiger partial charge in [-0.2, -0.15) is 0 Å². The van der Waals surface area contributed by atoms with Gasteiger partial charge in [-0.15, -0.1) is 0 Å². The molecule has 0 saturated carbocycles. The molecule has 30 rings (SSSR count). The molecule has 0 aliphatic heterocycles. The first-order chi connectivity index (χ1) is 69.0. The minimum Gasteiger partial charge on any atom is -0.456 e. The van der Waals surface area contributed by atoms with E-state index in [1.54, 1.807) is 0 Å². The Bertz CT molecular complexity index is 9950. The highest BCUT2D eigenvalue weighted by Gasteiger charge is 2.27. The molecule has 644 valence electrons. The number of fused-ring (bicyclic) bond motifs is 7. The summed E-state index contributed by atoms with van der Waals surface area (Å²) < 4.78 is 18.8. The maximum atomic E-state index is 6.32. The Labute approximate surface area is 800 Å². The third-order valence-corrected chi connectivity index (χ3v) is 29.3. The normalized spacial score (nSPS) is 11.9. The van der Waals surface area contributed by atoms with Crippen LogP contribution in [-0.2, 0) is 0 Å². The Morgan fingerprint density at radius 1 is 0.101 bits per heavy atom. The van der Waals surface area contributed by atoms with Crippen LogP contribution in [-0.4, -0.2) is 0 Å². The van der Waals surface area contributed by atoms with Crippen molar-refractivity contribution in [2.75, 3.05) is 0 Å². The van der Waals surface area contributed by atoms with Crippen molar-refractivity contribution in [3.8, 4) is 122 Å². The lowest BCUT2D eigenvalue weighted by atomic mass is 9.83. The Morgan fingerprint density at radius 3 is 0.712 bits per heavy atom. The molecule has 0 aliphatic carbocycles. The van der Waals surface area contributed by atoms with Crippen molar-refractivity contribution >= 4 is 174 Å². The number of rotatable bonds is 11. The lowest BCUT2D eigenvalue weighted by molar-refractivity contribution is 0.669. The van der Waals surface area contributed by atoms with E-state index in [0.29, 0.717) is 0 Å². The van der Waals surface area contributed by atoms with Gasteiger partial charge >= 0.3 is 0 Å². The van der Waals surface area contributed by atoms with Gasteiger partial charge in [0, 0.05) is 32.3 Å². The van der Waals surface area contributed by atoms with Crippen molar-refractivity contribution < 1.29 is 13.3 Å². The van der Waals surface area contributed by atoms with E-state index < -0.39 is 0 Å². The van der Waals surface area contributed by atoms with Crippen LogP contribution in [0.5, 0.6) is 0 Å². The zero-order valence-corrected chi connectivity index (χ0v) is 75.6. The number of furan rings is 3. The molecule has 3 aromatic heterocycles. The van der Waals surface area contributed by atoms with Gasteiger partial charge in [-0.3, -0.25) is 0 Å². The van der Waals surface area contributed by atoms with Crippen LogP contribution in [0.3, 0.4) is 0 Å². The summed E-state index contributed by atoms with van der Waals surface area (Å²) in [6.45, 7) is 0. The van der Waals surface area contributed by atoms with Gasteiger partial charge < -0.3 is 13.3 Å². The smallest absolute Gasteiger partial charge is 0.136 e. The molecule has 0 radical (unpaired) electrons. The largest absolute Gasteiger partial charge is 0.456 e. The molecule has 139 heavy (non-hydrogen) atoms. The zero-order valence-electron chi connectivity index (χ0n) is 75.6. The molecule has 30 aromatic rings. The summed E-state index contributed by atoms with van der Waals surface area (Å²) in [5.41, 5.74) is 32.9. The Hall–Kier alpha value is -18.3. The van der Waals surface area contributed by atoms with Crippen molar-refractivity contribution in [3.63, 3.8) is 0 Å². The van der Waals surface area contributed by atoms with E-state index in [1.807, 2.05) is 0 Å². The predicted octanol–water partition coefficient (Wildman–Crippen LogP) is 38.9. The molecule has 0 atom stereocenters. The summed E-state index contributed by atoms with van der Waals surface area (Å²) in [5, 5.41) is 32.2. The van der Waals surface area contributed by atoms with E-state index in [-0.39, 0.29) is 0 Å². The van der Waals surface area contributed by atoms with Crippen molar-refractivity contribution in [2.45, 2.75) is 0 Å². The van der Waals surface area contributed by atoms with Gasteiger partial charge in [-0.05, 0) is 297 Å². The van der Waals surface area contributed by atoms with Crippen LogP contribution in [0.15, 0.2) is 511 Å². The van der Waals surface area contributed by atoms with E-state index in [0.717, 1.165) is 33.5 Å². The summed E-state index contributed by atoms with van der Waals surface area (Å²) in [5.74, 6) is 0. The highest BCUT2D eigenvalue weighted by atomic mass is 16.3.